The van der Waals surface area contributed by atoms with E-state index in [4.69, 9.17) is 0 Å². The Morgan fingerprint density at radius 3 is 1.19 bits per heavy atom. The Kier molecular flexibility index (Phi) is 16.0. The molecule has 2 aromatic carbocycles. The minimum Gasteiger partial charge on any atom is -0.147 e. The van der Waals surface area contributed by atoms with Crippen LogP contribution < -0.4 is 0 Å². The summed E-state index contributed by atoms with van der Waals surface area (Å²) < 4.78 is 4.21. The molecule has 0 saturated carbocycles. The number of halogens is 2. The maximum absolute atomic E-state index is 2.81. The fourth-order valence-electron chi connectivity index (χ4n) is 7.63. The molecule has 2 aliphatic carbocycles. The molecule has 0 spiro atoms. The van der Waals surface area contributed by atoms with Gasteiger partial charge >= 0.3 is 224 Å². The van der Waals surface area contributed by atoms with Gasteiger partial charge < -0.3 is 0 Å². The molecule has 0 saturated heterocycles. The second-order valence-corrected chi connectivity index (χ2v) is 39.6. The van der Waals surface area contributed by atoms with Gasteiger partial charge in [-0.05, 0) is 0 Å². The molecule has 2 unspecified atom stereocenters. The molecule has 0 heterocycles. The maximum atomic E-state index is 2.81. The fraction of sp³-hybridized carbons (Fsp3) is 0.590. The van der Waals surface area contributed by atoms with Gasteiger partial charge in [-0.1, -0.05) is 39.5 Å². The molecule has 2 aliphatic rings. The topological polar surface area (TPSA) is 0 Å². The first kappa shape index (κ1) is 40.6. The van der Waals surface area contributed by atoms with Gasteiger partial charge in [-0.25, -0.2) is 0 Å². The van der Waals surface area contributed by atoms with Crippen molar-refractivity contribution in [1.29, 1.82) is 0 Å². The Morgan fingerprint density at radius 1 is 0.605 bits per heavy atom. The Balaban J connectivity index is 0.00000105. The van der Waals surface area contributed by atoms with Crippen LogP contribution in [0.3, 0.4) is 0 Å². The van der Waals surface area contributed by atoms with E-state index in [9.17, 15) is 0 Å². The minimum atomic E-state index is -2.67. The smallest absolute Gasteiger partial charge is 0.0536 e. The van der Waals surface area contributed by atoms with Crippen molar-refractivity contribution in [3.8, 4) is 0 Å². The molecular formula is C39H64Cl2SiZr. The molecule has 4 rings (SSSR count). The number of hydrogen-bond donors (Lipinski definition) is 0. The van der Waals surface area contributed by atoms with Crippen LogP contribution in [0.5, 0.6) is 0 Å². The molecule has 0 amide bonds. The van der Waals surface area contributed by atoms with E-state index in [2.05, 4.69) is 124 Å². The summed E-state index contributed by atoms with van der Waals surface area (Å²) in [5.41, 5.74) is 16.0. The van der Waals surface area contributed by atoms with Gasteiger partial charge in [0, 0.05) is 0 Å². The number of unbranched alkanes of at least 4 members (excludes halogenated alkanes) is 3. The zero-order valence-electron chi connectivity index (χ0n) is 30.1. The summed E-state index contributed by atoms with van der Waals surface area (Å²) in [4.78, 5) is 0. The molecule has 4 heteroatoms. The summed E-state index contributed by atoms with van der Waals surface area (Å²) in [5, 5.41) is 0. The summed E-state index contributed by atoms with van der Waals surface area (Å²) in [6.07, 6.45) is 10.7. The van der Waals surface area contributed by atoms with Gasteiger partial charge in [-0.3, -0.25) is 0 Å². The van der Waals surface area contributed by atoms with Gasteiger partial charge in [-0.15, -0.1) is 24.8 Å². The van der Waals surface area contributed by atoms with Crippen molar-refractivity contribution < 1.29 is 19.4 Å². The Bertz CT molecular complexity index is 1190. The first-order chi connectivity index (χ1) is 19.2. The largest absolute Gasteiger partial charge is 0.147 e. The Labute approximate surface area is 286 Å². The quantitative estimate of drug-likeness (QED) is 0.179. The summed E-state index contributed by atoms with van der Waals surface area (Å²) in [5.74, 6) is 2.28. The number of benzene rings is 2. The third-order valence-corrected chi connectivity index (χ3v) is 27.7. The van der Waals surface area contributed by atoms with Crippen molar-refractivity contribution in [2.24, 2.45) is 0 Å². The predicted octanol–water partition coefficient (Wildman–Crippen LogP) is 12.7. The van der Waals surface area contributed by atoms with Gasteiger partial charge in [0.25, 0.3) is 0 Å². The van der Waals surface area contributed by atoms with Gasteiger partial charge in [0.05, 0.1) is 0 Å². The predicted molar refractivity (Wildman–Crippen MR) is 202 cm³/mol. The summed E-state index contributed by atoms with van der Waals surface area (Å²) in [6.45, 7) is 28.3. The van der Waals surface area contributed by atoms with Crippen molar-refractivity contribution in [2.45, 2.75) is 144 Å². The Morgan fingerprint density at radius 2 is 0.930 bits per heavy atom. The Hall–Kier alpha value is -0.400. The average molecular weight is 723 g/mol. The standard InChI is InChI=1S/2C16H21.C6H14.CH3.2ClH.H3Si.Zr/c2*1-10(2)13-8-14-6-12(5)7-16(14)15(9-13)11(3)4;1-3-5-6-4-2;;;;;/h2*6-11H,1-5H3;3-6H2,1-2H3;1H3;2*1H;1H3;. The first-order valence-corrected chi connectivity index (χ1v) is 30.6. The number of allylic oxidation sites excluding steroid dienone is 2. The molecule has 43 heavy (non-hydrogen) atoms. The van der Waals surface area contributed by atoms with E-state index < -0.39 is 19.4 Å². The van der Waals surface area contributed by atoms with E-state index in [1.54, 1.807) is 44.5 Å². The molecular weight excluding hydrogens is 659 g/mol. The van der Waals surface area contributed by atoms with E-state index >= 15 is 0 Å². The fourth-order valence-corrected chi connectivity index (χ4v) is 28.8. The molecule has 0 bridgehead atoms. The van der Waals surface area contributed by atoms with Gasteiger partial charge in [0.1, 0.15) is 0 Å². The van der Waals surface area contributed by atoms with E-state index in [0.29, 0.717) is 30.9 Å². The molecule has 2 atom stereocenters. The molecule has 0 nitrogen and oxygen atoms in total. The minimum absolute atomic E-state index is 0. The monoisotopic (exact) mass is 720 g/mol. The van der Waals surface area contributed by atoms with Crippen molar-refractivity contribution >= 4 is 44.3 Å². The SMILES string of the molecule is CC1=Cc2c(C(C)C)cc(C(C)C)cc2[CH]1[Zr]([CH3])([SiH3])[CH]1C(C)=Cc2c(C(C)C)cc(C(C)C)cc21.CCCCCC.Cl.Cl. The van der Waals surface area contributed by atoms with Gasteiger partial charge in [0.15, 0.2) is 0 Å². The normalized spacial score (nSPS) is 18.4. The van der Waals surface area contributed by atoms with Crippen LogP contribution in [-0.2, 0) is 19.4 Å². The summed E-state index contributed by atoms with van der Waals surface area (Å²) >= 11 is -2.67. The van der Waals surface area contributed by atoms with Crippen LogP contribution in [0.2, 0.25) is 4.63 Å². The van der Waals surface area contributed by atoms with Crippen molar-refractivity contribution in [3.63, 3.8) is 0 Å². The van der Waals surface area contributed by atoms with Crippen LogP contribution in [-0.4, -0.2) is 7.37 Å². The van der Waals surface area contributed by atoms with E-state index in [1.807, 2.05) is 0 Å². The third-order valence-electron chi connectivity index (χ3n) is 9.83. The van der Waals surface area contributed by atoms with E-state index in [1.165, 1.54) is 44.2 Å². The zero-order chi connectivity index (χ0) is 30.8. The maximum Gasteiger partial charge on any atom is -0.0536 e. The van der Waals surface area contributed by atoms with E-state index in [0.717, 1.165) is 0 Å². The van der Waals surface area contributed by atoms with Crippen molar-refractivity contribution in [1.82, 2.24) is 0 Å². The first-order valence-electron chi connectivity index (χ1n) is 16.9. The van der Waals surface area contributed by atoms with Crippen LogP contribution in [0.25, 0.3) is 12.2 Å². The van der Waals surface area contributed by atoms with Crippen molar-refractivity contribution in [3.05, 3.63) is 79.9 Å². The molecule has 242 valence electrons. The van der Waals surface area contributed by atoms with Crippen LogP contribution in [0.4, 0.5) is 0 Å². The van der Waals surface area contributed by atoms with E-state index in [-0.39, 0.29) is 24.8 Å². The molecule has 0 fully saturated rings. The zero-order valence-corrected chi connectivity index (χ0v) is 36.2. The number of rotatable bonds is 9. The number of fused-ring (bicyclic) bond motifs is 2. The second-order valence-electron chi connectivity index (χ2n) is 15.0. The molecule has 0 N–H and O–H groups in total. The van der Waals surface area contributed by atoms with Crippen LogP contribution in [0, 0.1) is 0 Å². The summed E-state index contributed by atoms with van der Waals surface area (Å²) in [7, 11) is 1.35. The molecule has 0 aliphatic heterocycles. The number of hydrogen-bond acceptors (Lipinski definition) is 0. The van der Waals surface area contributed by atoms with Crippen LogP contribution in [0.1, 0.15) is 184 Å². The van der Waals surface area contributed by atoms with Gasteiger partial charge in [0.2, 0.25) is 0 Å². The molecule has 2 aromatic rings. The average Bonchev–Trinajstić information content (AvgIpc) is 3.41. The molecule has 0 aromatic heterocycles. The second kappa shape index (κ2) is 17.0. The third kappa shape index (κ3) is 8.70. The van der Waals surface area contributed by atoms with Crippen LogP contribution in [0.15, 0.2) is 35.4 Å². The molecule has 0 radical (unpaired) electrons. The van der Waals surface area contributed by atoms with Crippen molar-refractivity contribution in [2.75, 3.05) is 0 Å². The van der Waals surface area contributed by atoms with Gasteiger partial charge in [-0.2, -0.15) is 0 Å². The summed E-state index contributed by atoms with van der Waals surface area (Å²) in [6, 6.07) is 10.3. The van der Waals surface area contributed by atoms with Crippen LogP contribution >= 0.6 is 24.8 Å².